The molecule has 0 spiro atoms. The zero-order valence-corrected chi connectivity index (χ0v) is 29.8. The zero-order valence-electron chi connectivity index (χ0n) is 29.8. The Bertz CT molecular complexity index is 2890. The SMILES string of the molecule is Cn1cc(C=C2C(=O)c3cc4ccccc4cc3C2=O)c2cc(N3/C(=C/C=C4C(=O)c5cc6ccccc6cc5C4=O)C(C)(C)c4ccccc43)ccc21. The predicted octanol–water partition coefficient (Wildman–Crippen LogP) is 10.3. The maximum atomic E-state index is 13.7. The van der Waals surface area contributed by atoms with Crippen LogP contribution in [0.1, 0.15) is 66.4 Å². The Morgan fingerprint density at radius 3 is 1.61 bits per heavy atom. The number of allylic oxidation sites excluding steroid dienone is 5. The van der Waals surface area contributed by atoms with Crippen molar-refractivity contribution in [1.29, 1.82) is 0 Å². The Kier molecular flexibility index (Phi) is 6.64. The summed E-state index contributed by atoms with van der Waals surface area (Å²) in [7, 11) is 1.95. The number of carbonyl (C=O) groups is 4. The summed E-state index contributed by atoms with van der Waals surface area (Å²) < 4.78 is 2.00. The van der Waals surface area contributed by atoms with Gasteiger partial charge >= 0.3 is 0 Å². The number of fused-ring (bicyclic) bond motifs is 6. The monoisotopic (exact) mass is 700 g/mol. The number of hydrogen-bond acceptors (Lipinski definition) is 5. The van der Waals surface area contributed by atoms with Gasteiger partial charge in [-0.05, 0) is 93.9 Å². The maximum absolute atomic E-state index is 13.7. The first-order valence-corrected chi connectivity index (χ1v) is 18.0. The number of anilines is 2. The minimum atomic E-state index is -0.478. The van der Waals surface area contributed by atoms with Crippen LogP contribution in [0, 0.1) is 0 Å². The van der Waals surface area contributed by atoms with Crippen molar-refractivity contribution >= 4 is 73.0 Å². The van der Waals surface area contributed by atoms with Gasteiger partial charge in [0.15, 0.2) is 23.1 Å². The molecule has 0 fully saturated rings. The Labute approximate surface area is 310 Å². The van der Waals surface area contributed by atoms with Crippen molar-refractivity contribution in [3.63, 3.8) is 0 Å². The van der Waals surface area contributed by atoms with Crippen LogP contribution in [0.4, 0.5) is 11.4 Å². The quantitative estimate of drug-likeness (QED) is 0.135. The number of nitrogens with zero attached hydrogens (tertiary/aromatic N) is 2. The Hall–Kier alpha value is -6.92. The fraction of sp³-hybridized carbons (Fsp3) is 0.0833. The maximum Gasteiger partial charge on any atom is 0.197 e. The number of hydrogen-bond donors (Lipinski definition) is 0. The van der Waals surface area contributed by atoms with E-state index < -0.39 is 5.41 Å². The second kappa shape index (κ2) is 11.3. The molecule has 1 aromatic heterocycles. The van der Waals surface area contributed by atoms with Crippen molar-refractivity contribution < 1.29 is 19.2 Å². The van der Waals surface area contributed by atoms with Gasteiger partial charge in [-0.25, -0.2) is 0 Å². The van der Waals surface area contributed by atoms with Gasteiger partial charge in [-0.1, -0.05) is 80.6 Å². The highest BCUT2D eigenvalue weighted by molar-refractivity contribution is 6.42. The lowest BCUT2D eigenvalue weighted by molar-refractivity contribution is 0.0974. The minimum absolute atomic E-state index is 0.145. The van der Waals surface area contributed by atoms with E-state index >= 15 is 0 Å². The third-order valence-electron chi connectivity index (χ3n) is 11.4. The average Bonchev–Trinajstić information content (AvgIpc) is 3.79. The molecule has 0 N–H and O–H groups in total. The molecule has 1 aliphatic heterocycles. The fourth-order valence-corrected chi connectivity index (χ4v) is 8.59. The minimum Gasteiger partial charge on any atom is -0.350 e. The van der Waals surface area contributed by atoms with Gasteiger partial charge in [-0.3, -0.25) is 19.2 Å². The summed E-state index contributed by atoms with van der Waals surface area (Å²) in [4.78, 5) is 57.0. The number of benzene rings is 6. The number of para-hydroxylation sites is 1. The summed E-state index contributed by atoms with van der Waals surface area (Å²) in [5, 5.41) is 4.55. The molecule has 0 saturated carbocycles. The Balaban J connectivity index is 1.09. The summed E-state index contributed by atoms with van der Waals surface area (Å²) in [6, 6.07) is 37.1. The van der Waals surface area contributed by atoms with Gasteiger partial charge in [0.1, 0.15) is 0 Å². The zero-order chi connectivity index (χ0) is 37.0. The molecule has 3 aliphatic rings. The number of ketones is 4. The van der Waals surface area contributed by atoms with E-state index in [0.29, 0.717) is 22.3 Å². The highest BCUT2D eigenvalue weighted by Crippen LogP contribution is 2.51. The molecule has 0 unspecified atom stereocenters. The second-order valence-corrected chi connectivity index (χ2v) is 14.9. The van der Waals surface area contributed by atoms with Gasteiger partial charge in [-0.2, -0.15) is 0 Å². The Morgan fingerprint density at radius 1 is 0.556 bits per heavy atom. The number of rotatable bonds is 3. The molecular formula is C48H32N2O4. The van der Waals surface area contributed by atoms with Crippen molar-refractivity contribution in [2.24, 2.45) is 7.05 Å². The van der Waals surface area contributed by atoms with Crippen LogP contribution in [0.15, 0.2) is 150 Å². The van der Waals surface area contributed by atoms with Gasteiger partial charge in [0.2, 0.25) is 0 Å². The van der Waals surface area contributed by atoms with Gasteiger partial charge in [0.05, 0.1) is 11.1 Å². The fourth-order valence-electron chi connectivity index (χ4n) is 8.59. The summed E-state index contributed by atoms with van der Waals surface area (Å²) in [6.07, 6.45) is 7.26. The third-order valence-corrected chi connectivity index (χ3v) is 11.4. The molecule has 10 rings (SSSR count). The summed E-state index contributed by atoms with van der Waals surface area (Å²) in [5.41, 5.74) is 7.11. The number of carbonyl (C=O) groups excluding carboxylic acids is 4. The van der Waals surface area contributed by atoms with Crippen molar-refractivity contribution in [3.8, 4) is 0 Å². The highest BCUT2D eigenvalue weighted by atomic mass is 16.2. The summed E-state index contributed by atoms with van der Waals surface area (Å²) in [5.74, 6) is -1.08. The van der Waals surface area contributed by atoms with E-state index in [1.54, 1.807) is 12.2 Å². The van der Waals surface area contributed by atoms with E-state index in [1.807, 2.05) is 115 Å². The lowest BCUT2D eigenvalue weighted by Gasteiger charge is -2.27. The number of aromatic nitrogens is 1. The van der Waals surface area contributed by atoms with Gasteiger partial charge in [-0.15, -0.1) is 0 Å². The lowest BCUT2D eigenvalue weighted by atomic mass is 9.83. The molecule has 0 radical (unpaired) electrons. The first-order chi connectivity index (χ1) is 26.1. The highest BCUT2D eigenvalue weighted by Gasteiger charge is 2.41. The molecular weight excluding hydrogens is 669 g/mol. The van der Waals surface area contributed by atoms with Crippen LogP contribution in [0.3, 0.4) is 0 Å². The van der Waals surface area contributed by atoms with Crippen LogP contribution in [0.25, 0.3) is 38.5 Å². The van der Waals surface area contributed by atoms with E-state index in [0.717, 1.165) is 60.6 Å². The molecule has 0 bridgehead atoms. The van der Waals surface area contributed by atoms with Crippen molar-refractivity contribution in [3.05, 3.63) is 184 Å². The first-order valence-electron chi connectivity index (χ1n) is 18.0. The normalized spacial score (nSPS) is 16.6. The molecule has 7 aromatic rings. The van der Waals surface area contributed by atoms with Crippen molar-refractivity contribution in [2.45, 2.75) is 19.3 Å². The van der Waals surface area contributed by atoms with Crippen LogP contribution < -0.4 is 4.90 Å². The molecule has 6 heteroatoms. The van der Waals surface area contributed by atoms with Crippen molar-refractivity contribution in [1.82, 2.24) is 4.57 Å². The topological polar surface area (TPSA) is 76.5 Å². The van der Waals surface area contributed by atoms with Crippen LogP contribution in [-0.4, -0.2) is 27.7 Å². The molecule has 2 aliphatic carbocycles. The third kappa shape index (κ3) is 4.46. The predicted molar refractivity (Wildman–Crippen MR) is 214 cm³/mol. The molecule has 0 atom stereocenters. The second-order valence-electron chi connectivity index (χ2n) is 14.9. The van der Waals surface area contributed by atoms with Crippen LogP contribution >= 0.6 is 0 Å². The summed E-state index contributed by atoms with van der Waals surface area (Å²) >= 11 is 0. The van der Waals surface area contributed by atoms with Crippen LogP contribution in [0.5, 0.6) is 0 Å². The summed E-state index contributed by atoms with van der Waals surface area (Å²) in [6.45, 7) is 4.29. The van der Waals surface area contributed by atoms with Gasteiger partial charge in [0, 0.05) is 74.5 Å². The molecule has 2 heterocycles. The molecule has 6 nitrogen and oxygen atoms in total. The molecule has 0 amide bonds. The van der Waals surface area contributed by atoms with Gasteiger partial charge < -0.3 is 9.47 Å². The van der Waals surface area contributed by atoms with E-state index in [1.165, 1.54) is 0 Å². The van der Waals surface area contributed by atoms with E-state index in [2.05, 4.69) is 43.0 Å². The van der Waals surface area contributed by atoms with Crippen LogP contribution in [0.2, 0.25) is 0 Å². The number of aryl methyl sites for hydroxylation is 1. The van der Waals surface area contributed by atoms with Crippen molar-refractivity contribution in [2.75, 3.05) is 4.90 Å². The van der Waals surface area contributed by atoms with E-state index in [-0.39, 0.29) is 34.3 Å². The average molecular weight is 701 g/mol. The Morgan fingerprint density at radius 2 is 1.06 bits per heavy atom. The first kappa shape index (κ1) is 31.8. The molecule has 54 heavy (non-hydrogen) atoms. The molecule has 6 aromatic carbocycles. The largest absolute Gasteiger partial charge is 0.350 e. The van der Waals surface area contributed by atoms with E-state index in [4.69, 9.17) is 0 Å². The molecule has 0 saturated heterocycles. The van der Waals surface area contributed by atoms with Crippen LogP contribution in [-0.2, 0) is 12.5 Å². The smallest absolute Gasteiger partial charge is 0.197 e. The van der Waals surface area contributed by atoms with E-state index in [9.17, 15) is 19.2 Å². The standard InChI is InChI=1S/C48H32N2O4/c1-48(2)40-14-8-9-15-42(40)50(43(48)19-17-33-44(51)35-20-27-10-4-5-11-28(27)21-36(35)45(33)52)32-16-18-41-34(25-32)31(26-49(41)3)24-39-46(53)37-22-29-12-6-7-13-30(29)23-38(37)47(39)54/h4-26H,1-3H3/b43-19+. The number of Topliss-reactive ketones (excluding diaryl/α,β-unsaturated/α-hetero) is 4. The lowest BCUT2D eigenvalue weighted by Crippen LogP contribution is -2.22. The van der Waals surface area contributed by atoms with Gasteiger partial charge in [0.25, 0.3) is 0 Å². The molecule has 258 valence electrons.